The summed E-state index contributed by atoms with van der Waals surface area (Å²) in [5, 5.41) is 3.00. The van der Waals surface area contributed by atoms with Gasteiger partial charge in [0.25, 0.3) is 11.8 Å². The van der Waals surface area contributed by atoms with Crippen LogP contribution in [-0.2, 0) is 16.0 Å². The second-order valence-electron chi connectivity index (χ2n) is 7.78. The van der Waals surface area contributed by atoms with E-state index in [-0.39, 0.29) is 18.4 Å². The summed E-state index contributed by atoms with van der Waals surface area (Å²) in [7, 11) is 0. The topological polar surface area (TPSA) is 71.1 Å². The summed E-state index contributed by atoms with van der Waals surface area (Å²) in [6.07, 6.45) is 2.26. The average molecular weight is 424 g/mol. The Kier molecular flexibility index (Phi) is 7.04. The maximum Gasteiger partial charge on any atom is 0.260 e. The van der Waals surface area contributed by atoms with Gasteiger partial charge in [0.05, 0.1) is 13.2 Å². The number of carbonyl (C=O) groups is 2. The number of hydrogen-bond acceptors (Lipinski definition) is 5. The maximum atomic E-state index is 12.5. The smallest absolute Gasteiger partial charge is 0.260 e. The highest BCUT2D eigenvalue weighted by molar-refractivity contribution is 5.94. The number of nitrogens with zero attached hydrogens (tertiary/aromatic N) is 2. The minimum absolute atomic E-state index is 0.0111. The van der Waals surface area contributed by atoms with Crippen LogP contribution >= 0.6 is 0 Å². The van der Waals surface area contributed by atoms with Gasteiger partial charge >= 0.3 is 0 Å². The SMILES string of the molecule is O=C(NCCN1CCCc2ccccc21)c1ccc(OCC(=O)N2CCOCC2)cc1. The number of rotatable bonds is 7. The highest BCUT2D eigenvalue weighted by atomic mass is 16.5. The van der Waals surface area contributed by atoms with Crippen LogP contribution in [0.5, 0.6) is 5.75 Å². The Hall–Kier alpha value is -3.06. The number of ether oxygens (including phenoxy) is 2. The molecule has 2 amide bonds. The van der Waals surface area contributed by atoms with Crippen LogP contribution in [0.1, 0.15) is 22.3 Å². The minimum atomic E-state index is -0.110. The van der Waals surface area contributed by atoms with Gasteiger partial charge in [-0.25, -0.2) is 0 Å². The van der Waals surface area contributed by atoms with Gasteiger partial charge in [0.1, 0.15) is 5.75 Å². The lowest BCUT2D eigenvalue weighted by Gasteiger charge is -2.31. The highest BCUT2D eigenvalue weighted by Gasteiger charge is 2.18. The van der Waals surface area contributed by atoms with E-state index in [0.29, 0.717) is 44.2 Å². The van der Waals surface area contributed by atoms with Crippen LogP contribution < -0.4 is 15.0 Å². The van der Waals surface area contributed by atoms with Crippen LogP contribution in [-0.4, -0.2) is 69.3 Å². The van der Waals surface area contributed by atoms with Crippen molar-refractivity contribution < 1.29 is 19.1 Å². The van der Waals surface area contributed by atoms with E-state index >= 15 is 0 Å². The van der Waals surface area contributed by atoms with Gasteiger partial charge in [-0.3, -0.25) is 9.59 Å². The summed E-state index contributed by atoms with van der Waals surface area (Å²) in [6.45, 7) is 4.71. The molecule has 0 aromatic heterocycles. The number of anilines is 1. The molecule has 0 saturated carbocycles. The van der Waals surface area contributed by atoms with Crippen LogP contribution in [0.3, 0.4) is 0 Å². The first kappa shape index (κ1) is 21.2. The standard InChI is InChI=1S/C24H29N3O4/c28-23(27-14-16-30-17-15-27)18-31-21-9-7-20(8-10-21)24(29)25-11-13-26-12-3-5-19-4-1-2-6-22(19)26/h1-2,4,6-10H,3,5,11-18H2,(H,25,29). The third-order valence-electron chi connectivity index (χ3n) is 5.72. The van der Waals surface area contributed by atoms with Crippen molar-refractivity contribution in [1.29, 1.82) is 0 Å². The summed E-state index contributed by atoms with van der Waals surface area (Å²) < 4.78 is 10.8. The van der Waals surface area contributed by atoms with Crippen molar-refractivity contribution >= 4 is 17.5 Å². The van der Waals surface area contributed by atoms with Crippen LogP contribution in [0.25, 0.3) is 0 Å². The normalized spacial score (nSPS) is 15.9. The fourth-order valence-electron chi connectivity index (χ4n) is 4.00. The Balaban J connectivity index is 1.22. The predicted molar refractivity (Wildman–Crippen MR) is 119 cm³/mol. The van der Waals surface area contributed by atoms with E-state index in [2.05, 4.69) is 34.5 Å². The van der Waals surface area contributed by atoms with Crippen molar-refractivity contribution in [3.8, 4) is 5.75 Å². The molecule has 2 aromatic carbocycles. The summed E-state index contributed by atoms with van der Waals surface area (Å²) in [6, 6.07) is 15.4. The molecule has 1 N–H and O–H groups in total. The number of amides is 2. The number of para-hydroxylation sites is 1. The van der Waals surface area contributed by atoms with E-state index in [4.69, 9.17) is 9.47 Å². The van der Waals surface area contributed by atoms with E-state index < -0.39 is 0 Å². The fourth-order valence-corrected chi connectivity index (χ4v) is 4.00. The monoisotopic (exact) mass is 423 g/mol. The lowest BCUT2D eigenvalue weighted by Crippen LogP contribution is -2.42. The zero-order valence-corrected chi connectivity index (χ0v) is 17.7. The highest BCUT2D eigenvalue weighted by Crippen LogP contribution is 2.26. The zero-order valence-electron chi connectivity index (χ0n) is 17.7. The molecule has 2 heterocycles. The predicted octanol–water partition coefficient (Wildman–Crippen LogP) is 2.11. The second kappa shape index (κ2) is 10.3. The van der Waals surface area contributed by atoms with Crippen LogP contribution in [0.2, 0.25) is 0 Å². The first-order valence-corrected chi connectivity index (χ1v) is 10.9. The molecule has 0 unspecified atom stereocenters. The molecule has 2 aromatic rings. The number of carbonyl (C=O) groups excluding carboxylic acids is 2. The molecule has 1 saturated heterocycles. The molecule has 2 aliphatic heterocycles. The van der Waals surface area contributed by atoms with Gasteiger partial charge in [0, 0.05) is 44.0 Å². The molecule has 0 aliphatic carbocycles. The molecule has 0 bridgehead atoms. The Morgan fingerprint density at radius 2 is 1.77 bits per heavy atom. The molecule has 7 heteroatoms. The van der Waals surface area contributed by atoms with Gasteiger partial charge in [-0.15, -0.1) is 0 Å². The Morgan fingerprint density at radius 1 is 1.00 bits per heavy atom. The molecule has 0 radical (unpaired) electrons. The molecule has 1 fully saturated rings. The lowest BCUT2D eigenvalue weighted by molar-refractivity contribution is -0.137. The molecule has 0 atom stereocenters. The van der Waals surface area contributed by atoms with Gasteiger partial charge in [-0.2, -0.15) is 0 Å². The molecular weight excluding hydrogens is 394 g/mol. The van der Waals surface area contributed by atoms with Gasteiger partial charge < -0.3 is 24.6 Å². The number of fused-ring (bicyclic) bond motifs is 1. The number of aryl methyl sites for hydroxylation is 1. The summed E-state index contributed by atoms with van der Waals surface area (Å²) >= 11 is 0. The van der Waals surface area contributed by atoms with E-state index in [9.17, 15) is 9.59 Å². The van der Waals surface area contributed by atoms with Gasteiger partial charge in [0.15, 0.2) is 6.61 Å². The first-order valence-electron chi connectivity index (χ1n) is 10.9. The lowest BCUT2D eigenvalue weighted by atomic mass is 10.0. The summed E-state index contributed by atoms with van der Waals surface area (Å²) in [5.41, 5.74) is 3.23. The van der Waals surface area contributed by atoms with E-state index in [1.54, 1.807) is 29.2 Å². The summed E-state index contributed by atoms with van der Waals surface area (Å²) in [5.74, 6) is 0.411. The largest absolute Gasteiger partial charge is 0.484 e. The Labute approximate surface area is 182 Å². The van der Waals surface area contributed by atoms with Crippen molar-refractivity contribution in [3.05, 3.63) is 59.7 Å². The zero-order chi connectivity index (χ0) is 21.5. The first-order chi connectivity index (χ1) is 15.2. The van der Waals surface area contributed by atoms with Gasteiger partial charge in [0.2, 0.25) is 0 Å². The average Bonchev–Trinajstić information content (AvgIpc) is 2.83. The quantitative estimate of drug-likeness (QED) is 0.739. The Bertz CT molecular complexity index is 894. The van der Waals surface area contributed by atoms with Crippen molar-refractivity contribution in [2.75, 3.05) is 57.4 Å². The van der Waals surface area contributed by atoms with Crippen molar-refractivity contribution in [2.24, 2.45) is 0 Å². The molecule has 31 heavy (non-hydrogen) atoms. The van der Waals surface area contributed by atoms with Gasteiger partial charge in [-0.1, -0.05) is 18.2 Å². The van der Waals surface area contributed by atoms with Gasteiger partial charge in [-0.05, 0) is 48.7 Å². The molecule has 7 nitrogen and oxygen atoms in total. The van der Waals surface area contributed by atoms with Crippen molar-refractivity contribution in [1.82, 2.24) is 10.2 Å². The molecule has 2 aliphatic rings. The molecule has 4 rings (SSSR count). The van der Waals surface area contributed by atoms with Crippen LogP contribution in [0.15, 0.2) is 48.5 Å². The molecule has 164 valence electrons. The number of morpholine rings is 1. The van der Waals surface area contributed by atoms with E-state index in [1.807, 2.05) is 0 Å². The van der Waals surface area contributed by atoms with Crippen LogP contribution in [0.4, 0.5) is 5.69 Å². The molecular formula is C24H29N3O4. The third-order valence-corrected chi connectivity index (χ3v) is 5.72. The van der Waals surface area contributed by atoms with E-state index in [0.717, 1.165) is 25.9 Å². The second-order valence-corrected chi connectivity index (χ2v) is 7.78. The molecule has 0 spiro atoms. The van der Waals surface area contributed by atoms with E-state index in [1.165, 1.54) is 11.3 Å². The summed E-state index contributed by atoms with van der Waals surface area (Å²) in [4.78, 5) is 28.7. The van der Waals surface area contributed by atoms with Crippen molar-refractivity contribution in [3.63, 3.8) is 0 Å². The maximum absolute atomic E-state index is 12.5. The number of hydrogen-bond donors (Lipinski definition) is 1. The number of nitrogens with one attached hydrogen (secondary N) is 1. The Morgan fingerprint density at radius 3 is 2.58 bits per heavy atom. The van der Waals surface area contributed by atoms with Crippen LogP contribution in [0, 0.1) is 0 Å². The fraction of sp³-hybridized carbons (Fsp3) is 0.417. The third kappa shape index (κ3) is 5.55. The van der Waals surface area contributed by atoms with Crippen molar-refractivity contribution in [2.45, 2.75) is 12.8 Å². The number of benzene rings is 2. The minimum Gasteiger partial charge on any atom is -0.484 e.